The van der Waals surface area contributed by atoms with E-state index in [2.05, 4.69) is 15.2 Å². The summed E-state index contributed by atoms with van der Waals surface area (Å²) < 4.78 is 17.9. The van der Waals surface area contributed by atoms with Gasteiger partial charge in [-0.15, -0.1) is 0 Å². The van der Waals surface area contributed by atoms with E-state index in [-0.39, 0.29) is 24.2 Å². The third-order valence-electron chi connectivity index (χ3n) is 4.45. The molecule has 1 saturated heterocycles. The van der Waals surface area contributed by atoms with Gasteiger partial charge in [-0.3, -0.25) is 4.79 Å². The summed E-state index contributed by atoms with van der Waals surface area (Å²) in [4.78, 5) is 18.0. The fourth-order valence-electron chi connectivity index (χ4n) is 2.85. The first kappa shape index (κ1) is 17.2. The number of benzene rings is 1. The lowest BCUT2D eigenvalue weighted by Gasteiger charge is -2.21. The van der Waals surface area contributed by atoms with Crippen molar-refractivity contribution in [3.63, 3.8) is 0 Å². The molecule has 1 fully saturated rings. The Hall–Kier alpha value is -3.20. The maximum atomic E-state index is 12.5. The zero-order valence-electron chi connectivity index (χ0n) is 14.8. The molecule has 9 nitrogen and oxygen atoms in total. The average molecular weight is 369 g/mol. The summed E-state index contributed by atoms with van der Waals surface area (Å²) in [5.41, 5.74) is 1.15. The van der Waals surface area contributed by atoms with Gasteiger partial charge in [0.1, 0.15) is 25.0 Å². The molecule has 1 atom stereocenters. The molecule has 0 bridgehead atoms. The number of amides is 1. The molecule has 3 heterocycles. The van der Waals surface area contributed by atoms with Gasteiger partial charge in [0, 0.05) is 19.7 Å². The van der Waals surface area contributed by atoms with Crippen molar-refractivity contribution in [2.24, 2.45) is 0 Å². The Balaban J connectivity index is 1.34. The number of ether oxygens (including phenoxy) is 2. The lowest BCUT2D eigenvalue weighted by molar-refractivity contribution is 0.0700. The molecule has 140 valence electrons. The van der Waals surface area contributed by atoms with Gasteiger partial charge in [0.2, 0.25) is 0 Å². The number of nitrogens with zero attached hydrogens (tertiary/aromatic N) is 5. The first-order valence-corrected chi connectivity index (χ1v) is 8.59. The highest BCUT2D eigenvalue weighted by Gasteiger charge is 2.26. The van der Waals surface area contributed by atoms with Crippen LogP contribution in [0.15, 0.2) is 47.5 Å². The zero-order valence-corrected chi connectivity index (χ0v) is 14.8. The van der Waals surface area contributed by atoms with Crippen LogP contribution >= 0.6 is 0 Å². The highest BCUT2D eigenvalue weighted by molar-refractivity contribution is 5.92. The van der Waals surface area contributed by atoms with Crippen molar-refractivity contribution < 1.29 is 18.8 Å². The van der Waals surface area contributed by atoms with Crippen LogP contribution in [0.4, 0.5) is 0 Å². The lowest BCUT2D eigenvalue weighted by atomic mass is 10.2. The van der Waals surface area contributed by atoms with E-state index in [1.165, 1.54) is 6.33 Å². The Labute approximate surface area is 155 Å². The highest BCUT2D eigenvalue weighted by Crippen LogP contribution is 2.18. The monoisotopic (exact) mass is 369 g/mol. The van der Waals surface area contributed by atoms with E-state index in [1.807, 2.05) is 24.3 Å². The molecule has 0 radical (unpaired) electrons. The van der Waals surface area contributed by atoms with E-state index in [0.717, 1.165) is 12.1 Å². The third-order valence-corrected chi connectivity index (χ3v) is 4.45. The van der Waals surface area contributed by atoms with Crippen molar-refractivity contribution in [1.82, 2.24) is 24.8 Å². The molecule has 4 rings (SSSR count). The predicted octanol–water partition coefficient (Wildman–Crippen LogP) is 1.70. The minimum absolute atomic E-state index is 0.0809. The molecule has 0 spiro atoms. The van der Waals surface area contributed by atoms with Crippen molar-refractivity contribution in [2.75, 3.05) is 20.3 Å². The van der Waals surface area contributed by atoms with Crippen LogP contribution in [0.5, 0.6) is 5.75 Å². The Morgan fingerprint density at radius 2 is 2.22 bits per heavy atom. The number of hydrogen-bond acceptors (Lipinski definition) is 7. The second-order valence-electron chi connectivity index (χ2n) is 6.23. The summed E-state index contributed by atoms with van der Waals surface area (Å²) in [5.74, 6) is 0.968. The SMILES string of the molecule is CN(C(=O)c1cc(COc2ccc(-n3cncn3)cc2)on1)C1CCOC1. The quantitative estimate of drug-likeness (QED) is 0.652. The summed E-state index contributed by atoms with van der Waals surface area (Å²) >= 11 is 0. The lowest BCUT2D eigenvalue weighted by Crippen LogP contribution is -2.37. The third kappa shape index (κ3) is 3.82. The minimum atomic E-state index is -0.183. The first-order chi connectivity index (χ1) is 13.2. The molecule has 9 heteroatoms. The van der Waals surface area contributed by atoms with Crippen molar-refractivity contribution in [3.8, 4) is 11.4 Å². The largest absolute Gasteiger partial charge is 0.486 e. The van der Waals surface area contributed by atoms with Crippen LogP contribution in [-0.2, 0) is 11.3 Å². The second kappa shape index (κ2) is 7.58. The molecule has 1 aliphatic rings. The van der Waals surface area contributed by atoms with E-state index in [0.29, 0.717) is 24.7 Å². The topological polar surface area (TPSA) is 95.5 Å². The van der Waals surface area contributed by atoms with Gasteiger partial charge in [-0.1, -0.05) is 5.16 Å². The van der Waals surface area contributed by atoms with E-state index in [9.17, 15) is 4.79 Å². The summed E-state index contributed by atoms with van der Waals surface area (Å²) in [6, 6.07) is 9.09. The number of aromatic nitrogens is 4. The summed E-state index contributed by atoms with van der Waals surface area (Å²) in [7, 11) is 1.75. The Kier molecular flexibility index (Phi) is 4.84. The van der Waals surface area contributed by atoms with Crippen molar-refractivity contribution in [3.05, 3.63) is 54.4 Å². The molecular formula is C18H19N5O4. The molecular weight excluding hydrogens is 350 g/mol. The van der Waals surface area contributed by atoms with Crippen LogP contribution in [0.25, 0.3) is 5.69 Å². The van der Waals surface area contributed by atoms with E-state index in [4.69, 9.17) is 14.0 Å². The maximum absolute atomic E-state index is 12.5. The predicted molar refractivity (Wildman–Crippen MR) is 93.5 cm³/mol. The average Bonchev–Trinajstić information content (AvgIpc) is 3.48. The molecule has 27 heavy (non-hydrogen) atoms. The van der Waals surface area contributed by atoms with Crippen LogP contribution in [0.2, 0.25) is 0 Å². The van der Waals surface area contributed by atoms with E-state index < -0.39 is 0 Å². The van der Waals surface area contributed by atoms with Gasteiger partial charge < -0.3 is 18.9 Å². The van der Waals surface area contributed by atoms with Gasteiger partial charge in [0.15, 0.2) is 11.5 Å². The smallest absolute Gasteiger partial charge is 0.276 e. The van der Waals surface area contributed by atoms with Gasteiger partial charge in [-0.05, 0) is 30.7 Å². The summed E-state index contributed by atoms with van der Waals surface area (Å²) in [5, 5.41) is 7.93. The number of carbonyl (C=O) groups is 1. The number of carbonyl (C=O) groups excluding carboxylic acids is 1. The van der Waals surface area contributed by atoms with Gasteiger partial charge in [0.05, 0.1) is 18.3 Å². The molecule has 0 N–H and O–H groups in total. The van der Waals surface area contributed by atoms with Crippen molar-refractivity contribution in [2.45, 2.75) is 19.1 Å². The van der Waals surface area contributed by atoms with Crippen molar-refractivity contribution in [1.29, 1.82) is 0 Å². The number of likely N-dealkylation sites (N-methyl/N-ethyl adjacent to an activating group) is 1. The molecule has 1 aliphatic heterocycles. The highest BCUT2D eigenvalue weighted by atomic mass is 16.5. The van der Waals surface area contributed by atoms with Crippen molar-refractivity contribution >= 4 is 5.91 Å². The van der Waals surface area contributed by atoms with Crippen LogP contribution in [-0.4, -0.2) is 57.0 Å². The Bertz CT molecular complexity index is 885. The van der Waals surface area contributed by atoms with Gasteiger partial charge in [0.25, 0.3) is 5.91 Å². The molecule has 1 unspecified atom stereocenters. The van der Waals surface area contributed by atoms with Crippen LogP contribution < -0.4 is 4.74 Å². The number of rotatable bonds is 6. The van der Waals surface area contributed by atoms with Crippen LogP contribution in [0, 0.1) is 0 Å². The van der Waals surface area contributed by atoms with Crippen LogP contribution in [0.3, 0.4) is 0 Å². The molecule has 3 aromatic rings. The summed E-state index contributed by atoms with van der Waals surface area (Å²) in [6.45, 7) is 1.41. The molecule has 1 amide bonds. The zero-order chi connectivity index (χ0) is 18.6. The van der Waals surface area contributed by atoms with Gasteiger partial charge >= 0.3 is 0 Å². The second-order valence-corrected chi connectivity index (χ2v) is 6.23. The fourth-order valence-corrected chi connectivity index (χ4v) is 2.85. The Morgan fingerprint density at radius 3 is 2.93 bits per heavy atom. The van der Waals surface area contributed by atoms with E-state index in [1.54, 1.807) is 29.0 Å². The normalized spacial score (nSPS) is 16.4. The van der Waals surface area contributed by atoms with Crippen LogP contribution in [0.1, 0.15) is 22.7 Å². The Morgan fingerprint density at radius 1 is 1.37 bits per heavy atom. The minimum Gasteiger partial charge on any atom is -0.486 e. The standard InChI is InChI=1S/C18H19N5O4/c1-22(14-6-7-25-9-14)18(24)17-8-16(27-21-17)10-26-15-4-2-13(3-5-15)23-12-19-11-20-23/h2-5,8,11-12,14H,6-7,9-10H2,1H3. The molecule has 1 aromatic carbocycles. The van der Waals surface area contributed by atoms with Gasteiger partial charge in [-0.2, -0.15) is 5.10 Å². The summed E-state index contributed by atoms with van der Waals surface area (Å²) in [6.07, 6.45) is 3.93. The molecule has 0 aliphatic carbocycles. The van der Waals surface area contributed by atoms with E-state index >= 15 is 0 Å². The fraction of sp³-hybridized carbons (Fsp3) is 0.333. The van der Waals surface area contributed by atoms with Gasteiger partial charge in [-0.25, -0.2) is 9.67 Å². The number of hydrogen-bond donors (Lipinski definition) is 0. The maximum Gasteiger partial charge on any atom is 0.276 e. The molecule has 0 saturated carbocycles. The first-order valence-electron chi connectivity index (χ1n) is 8.59. The molecule has 2 aromatic heterocycles.